The van der Waals surface area contributed by atoms with E-state index in [0.29, 0.717) is 17.4 Å². The average molecular weight is 252 g/mol. The third kappa shape index (κ3) is 3.01. The Hall–Kier alpha value is -1.95. The molecule has 0 radical (unpaired) electrons. The quantitative estimate of drug-likeness (QED) is 0.873. The molecular formula is C10H10ClN5O. The number of aryl methyl sites for hydroxylation is 1. The fourth-order valence-electron chi connectivity index (χ4n) is 1.26. The third-order valence-electron chi connectivity index (χ3n) is 2.11. The number of amides is 1. The number of hydrogen-bond donors (Lipinski definition) is 1. The van der Waals surface area contributed by atoms with Gasteiger partial charge in [0.25, 0.3) is 0 Å². The van der Waals surface area contributed by atoms with Gasteiger partial charge in [0.2, 0.25) is 11.7 Å². The highest BCUT2D eigenvalue weighted by Crippen LogP contribution is 2.16. The van der Waals surface area contributed by atoms with Crippen molar-refractivity contribution in [2.75, 3.05) is 0 Å². The zero-order valence-electron chi connectivity index (χ0n) is 8.88. The average Bonchev–Trinajstić information content (AvgIpc) is 2.76. The lowest BCUT2D eigenvalue weighted by Gasteiger charge is -1.95. The van der Waals surface area contributed by atoms with Gasteiger partial charge in [-0.05, 0) is 29.5 Å². The maximum Gasteiger partial charge on any atom is 0.219 e. The topological polar surface area (TPSA) is 86.7 Å². The standard InChI is InChI=1S/C10H10ClN5O/c11-8-3-1-7(2-4-8)10-13-15-16(14-10)6-5-9(12)17/h1-4H,5-6H2,(H2,12,17). The number of aromatic nitrogens is 4. The van der Waals surface area contributed by atoms with Crippen molar-refractivity contribution in [3.63, 3.8) is 0 Å². The molecule has 1 amide bonds. The van der Waals surface area contributed by atoms with Gasteiger partial charge in [0.1, 0.15) is 0 Å². The molecule has 0 fully saturated rings. The minimum Gasteiger partial charge on any atom is -0.370 e. The number of tetrazole rings is 1. The number of nitrogens with zero attached hydrogens (tertiary/aromatic N) is 4. The van der Waals surface area contributed by atoms with E-state index >= 15 is 0 Å². The van der Waals surface area contributed by atoms with Gasteiger partial charge < -0.3 is 5.73 Å². The van der Waals surface area contributed by atoms with Crippen molar-refractivity contribution < 1.29 is 4.79 Å². The smallest absolute Gasteiger partial charge is 0.219 e. The van der Waals surface area contributed by atoms with Crippen LogP contribution in [0.15, 0.2) is 24.3 Å². The summed E-state index contributed by atoms with van der Waals surface area (Å²) in [5.74, 6) is 0.0986. The number of benzene rings is 1. The molecule has 6 nitrogen and oxygen atoms in total. The summed E-state index contributed by atoms with van der Waals surface area (Å²) in [4.78, 5) is 11.9. The third-order valence-corrected chi connectivity index (χ3v) is 2.37. The van der Waals surface area contributed by atoms with E-state index in [4.69, 9.17) is 17.3 Å². The van der Waals surface area contributed by atoms with Crippen molar-refractivity contribution in [1.29, 1.82) is 0 Å². The van der Waals surface area contributed by atoms with Crippen molar-refractivity contribution in [3.05, 3.63) is 29.3 Å². The van der Waals surface area contributed by atoms with Crippen LogP contribution < -0.4 is 5.73 Å². The van der Waals surface area contributed by atoms with Crippen LogP contribution >= 0.6 is 11.6 Å². The van der Waals surface area contributed by atoms with Crippen LogP contribution in [-0.2, 0) is 11.3 Å². The molecule has 0 saturated carbocycles. The molecule has 2 aromatic rings. The zero-order valence-corrected chi connectivity index (χ0v) is 9.63. The molecular weight excluding hydrogens is 242 g/mol. The number of carbonyl (C=O) groups excluding carboxylic acids is 1. The van der Waals surface area contributed by atoms with Crippen LogP contribution in [0.3, 0.4) is 0 Å². The van der Waals surface area contributed by atoms with Crippen molar-refractivity contribution >= 4 is 17.5 Å². The Kier molecular flexibility index (Phi) is 3.34. The fourth-order valence-corrected chi connectivity index (χ4v) is 1.39. The minimum absolute atomic E-state index is 0.191. The van der Waals surface area contributed by atoms with Crippen molar-refractivity contribution in [2.45, 2.75) is 13.0 Å². The second kappa shape index (κ2) is 4.92. The molecule has 88 valence electrons. The van der Waals surface area contributed by atoms with Crippen molar-refractivity contribution in [1.82, 2.24) is 20.2 Å². The SMILES string of the molecule is NC(=O)CCn1nnc(-c2ccc(Cl)cc2)n1. The predicted molar refractivity (Wildman–Crippen MR) is 62.1 cm³/mol. The summed E-state index contributed by atoms with van der Waals surface area (Å²) >= 11 is 5.78. The first-order chi connectivity index (χ1) is 8.15. The number of nitrogens with two attached hydrogens (primary N) is 1. The van der Waals surface area contributed by atoms with E-state index in [2.05, 4.69) is 15.4 Å². The molecule has 1 heterocycles. The lowest BCUT2D eigenvalue weighted by molar-refractivity contribution is -0.118. The summed E-state index contributed by atoms with van der Waals surface area (Å²) in [7, 11) is 0. The first-order valence-corrected chi connectivity index (χ1v) is 5.35. The van der Waals surface area contributed by atoms with E-state index in [0.717, 1.165) is 5.56 Å². The number of rotatable bonds is 4. The van der Waals surface area contributed by atoms with Gasteiger partial charge in [-0.15, -0.1) is 10.2 Å². The lowest BCUT2D eigenvalue weighted by atomic mass is 10.2. The molecule has 2 rings (SSSR count). The summed E-state index contributed by atoms with van der Waals surface area (Å²) in [5, 5.41) is 12.5. The number of primary amides is 1. The maximum atomic E-state index is 10.6. The van der Waals surface area contributed by atoms with Crippen LogP contribution in [0.4, 0.5) is 0 Å². The molecule has 0 bridgehead atoms. The summed E-state index contributed by atoms with van der Waals surface area (Å²) < 4.78 is 0. The first kappa shape index (κ1) is 11.5. The van der Waals surface area contributed by atoms with Crippen LogP contribution in [0.5, 0.6) is 0 Å². The Balaban J connectivity index is 2.12. The van der Waals surface area contributed by atoms with Gasteiger partial charge in [-0.1, -0.05) is 11.6 Å². The minimum atomic E-state index is -0.393. The van der Waals surface area contributed by atoms with Crippen LogP contribution in [0.1, 0.15) is 6.42 Å². The zero-order chi connectivity index (χ0) is 12.3. The molecule has 0 atom stereocenters. The summed E-state index contributed by atoms with van der Waals surface area (Å²) in [6.45, 7) is 0.329. The Morgan fingerprint density at radius 2 is 2.06 bits per heavy atom. The first-order valence-electron chi connectivity index (χ1n) is 4.97. The molecule has 0 unspecified atom stereocenters. The van der Waals surface area contributed by atoms with Crippen LogP contribution in [0.2, 0.25) is 5.02 Å². The van der Waals surface area contributed by atoms with Crippen molar-refractivity contribution in [2.24, 2.45) is 5.73 Å². The molecule has 17 heavy (non-hydrogen) atoms. The summed E-state index contributed by atoms with van der Waals surface area (Å²) in [6, 6.07) is 7.11. The monoisotopic (exact) mass is 251 g/mol. The number of hydrogen-bond acceptors (Lipinski definition) is 4. The molecule has 0 saturated heterocycles. The highest BCUT2D eigenvalue weighted by molar-refractivity contribution is 6.30. The lowest BCUT2D eigenvalue weighted by Crippen LogP contribution is -2.15. The van der Waals surface area contributed by atoms with Gasteiger partial charge in [-0.2, -0.15) is 4.80 Å². The largest absolute Gasteiger partial charge is 0.370 e. The van der Waals surface area contributed by atoms with Gasteiger partial charge >= 0.3 is 0 Å². The Bertz CT molecular complexity index is 522. The van der Waals surface area contributed by atoms with Crippen LogP contribution in [-0.4, -0.2) is 26.1 Å². The fraction of sp³-hybridized carbons (Fsp3) is 0.200. The van der Waals surface area contributed by atoms with Crippen LogP contribution in [0.25, 0.3) is 11.4 Å². The number of carbonyl (C=O) groups is 1. The molecule has 0 aliphatic heterocycles. The maximum absolute atomic E-state index is 10.6. The molecule has 1 aromatic heterocycles. The van der Waals surface area contributed by atoms with Gasteiger partial charge in [0.15, 0.2) is 0 Å². The highest BCUT2D eigenvalue weighted by atomic mass is 35.5. The van der Waals surface area contributed by atoms with E-state index in [-0.39, 0.29) is 6.42 Å². The number of halogens is 1. The van der Waals surface area contributed by atoms with E-state index < -0.39 is 5.91 Å². The summed E-state index contributed by atoms with van der Waals surface area (Å²) in [6.07, 6.45) is 0.191. The summed E-state index contributed by atoms with van der Waals surface area (Å²) in [5.41, 5.74) is 5.85. The van der Waals surface area contributed by atoms with E-state index in [1.54, 1.807) is 24.3 Å². The van der Waals surface area contributed by atoms with Gasteiger partial charge in [-0.3, -0.25) is 4.79 Å². The molecule has 2 N–H and O–H groups in total. The van der Waals surface area contributed by atoms with Gasteiger partial charge in [-0.25, -0.2) is 0 Å². The van der Waals surface area contributed by atoms with E-state index in [1.165, 1.54) is 4.80 Å². The van der Waals surface area contributed by atoms with Crippen LogP contribution in [0, 0.1) is 0 Å². The van der Waals surface area contributed by atoms with E-state index in [9.17, 15) is 4.79 Å². The normalized spacial score (nSPS) is 10.4. The predicted octanol–water partition coefficient (Wildman–Crippen LogP) is 0.869. The molecule has 7 heteroatoms. The molecule has 1 aromatic carbocycles. The highest BCUT2D eigenvalue weighted by Gasteiger charge is 2.06. The second-order valence-electron chi connectivity index (χ2n) is 3.43. The molecule has 0 spiro atoms. The Labute approximate surface area is 102 Å². The van der Waals surface area contributed by atoms with E-state index in [1.807, 2.05) is 0 Å². The Morgan fingerprint density at radius 1 is 1.35 bits per heavy atom. The Morgan fingerprint density at radius 3 is 2.71 bits per heavy atom. The van der Waals surface area contributed by atoms with Gasteiger partial charge in [0.05, 0.1) is 6.54 Å². The molecule has 0 aliphatic rings. The molecule has 0 aliphatic carbocycles. The second-order valence-corrected chi connectivity index (χ2v) is 3.87. The van der Waals surface area contributed by atoms with Gasteiger partial charge in [0, 0.05) is 17.0 Å². The van der Waals surface area contributed by atoms with Crippen molar-refractivity contribution in [3.8, 4) is 11.4 Å².